The van der Waals surface area contributed by atoms with E-state index in [0.717, 1.165) is 31.9 Å². The maximum atomic E-state index is 12.7. The van der Waals surface area contributed by atoms with E-state index in [0.29, 0.717) is 22.9 Å². The third-order valence-electron chi connectivity index (χ3n) is 5.06. The van der Waals surface area contributed by atoms with Crippen LogP contribution in [0.15, 0.2) is 87.8 Å². The first kappa shape index (κ1) is 19.3. The maximum Gasteiger partial charge on any atom is 0.255 e. The summed E-state index contributed by atoms with van der Waals surface area (Å²) in [6, 6.07) is 24.7. The van der Waals surface area contributed by atoms with E-state index in [-0.39, 0.29) is 5.91 Å². The summed E-state index contributed by atoms with van der Waals surface area (Å²) in [5, 5.41) is 5.08. The Morgan fingerprint density at radius 3 is 2.71 bits per heavy atom. The molecule has 5 nitrogen and oxygen atoms in total. The number of rotatable bonds is 4. The second kappa shape index (κ2) is 7.89. The van der Waals surface area contributed by atoms with Crippen molar-refractivity contribution < 1.29 is 13.9 Å². The van der Waals surface area contributed by atoms with E-state index in [2.05, 4.69) is 27.3 Å². The van der Waals surface area contributed by atoms with Gasteiger partial charge in [0, 0.05) is 22.2 Å². The van der Waals surface area contributed by atoms with E-state index in [4.69, 9.17) is 14.1 Å². The lowest BCUT2D eigenvalue weighted by molar-refractivity contribution is 0.102. The van der Waals surface area contributed by atoms with Crippen LogP contribution in [0.25, 0.3) is 33.3 Å². The smallest absolute Gasteiger partial charge is 0.255 e. The van der Waals surface area contributed by atoms with Gasteiger partial charge in [-0.1, -0.05) is 36.4 Å². The highest BCUT2D eigenvalue weighted by atomic mass is 79.9. The molecular weight excluding hydrogens is 456 g/mol. The van der Waals surface area contributed by atoms with Crippen LogP contribution in [0.5, 0.6) is 5.75 Å². The minimum Gasteiger partial charge on any atom is -0.496 e. The number of fused-ring (bicyclic) bond motifs is 3. The Labute approximate surface area is 186 Å². The third-order valence-corrected chi connectivity index (χ3v) is 5.68. The predicted molar refractivity (Wildman–Crippen MR) is 126 cm³/mol. The van der Waals surface area contributed by atoms with E-state index in [1.54, 1.807) is 25.3 Å². The summed E-state index contributed by atoms with van der Waals surface area (Å²) in [6.07, 6.45) is 0. The molecular formula is C25H17BrN2O3. The average molecular weight is 473 g/mol. The highest BCUT2D eigenvalue weighted by Gasteiger charge is 2.13. The van der Waals surface area contributed by atoms with Crippen LogP contribution in [0, 0.1) is 0 Å². The molecule has 0 atom stereocenters. The zero-order valence-corrected chi connectivity index (χ0v) is 18.1. The monoisotopic (exact) mass is 472 g/mol. The van der Waals surface area contributed by atoms with Crippen LogP contribution in [0.1, 0.15) is 10.4 Å². The van der Waals surface area contributed by atoms with Gasteiger partial charge in [-0.15, -0.1) is 0 Å². The molecule has 0 saturated heterocycles. The minimum atomic E-state index is -0.218. The molecule has 4 aromatic carbocycles. The van der Waals surface area contributed by atoms with Crippen molar-refractivity contribution in [2.75, 3.05) is 12.4 Å². The Kier molecular flexibility index (Phi) is 4.92. The number of hydrogen-bond acceptors (Lipinski definition) is 4. The number of carbonyl (C=O) groups is 1. The molecule has 1 heterocycles. The van der Waals surface area contributed by atoms with Crippen LogP contribution in [0.2, 0.25) is 0 Å². The number of oxazole rings is 1. The number of hydrogen-bond donors (Lipinski definition) is 1. The van der Waals surface area contributed by atoms with Crippen molar-refractivity contribution in [2.24, 2.45) is 0 Å². The molecule has 0 radical (unpaired) electrons. The second-order valence-electron chi connectivity index (χ2n) is 7.04. The van der Waals surface area contributed by atoms with Crippen molar-refractivity contribution >= 4 is 49.4 Å². The van der Waals surface area contributed by atoms with Crippen molar-refractivity contribution in [3.05, 3.63) is 88.9 Å². The van der Waals surface area contributed by atoms with Gasteiger partial charge in [-0.05, 0) is 63.8 Å². The number of carbonyl (C=O) groups excluding carboxylic acids is 1. The Morgan fingerprint density at radius 2 is 1.87 bits per heavy atom. The van der Waals surface area contributed by atoms with Gasteiger partial charge in [0.05, 0.1) is 11.6 Å². The predicted octanol–water partition coefficient (Wildman–Crippen LogP) is 6.67. The van der Waals surface area contributed by atoms with E-state index in [1.807, 2.05) is 54.6 Å². The zero-order valence-electron chi connectivity index (χ0n) is 16.6. The van der Waals surface area contributed by atoms with E-state index < -0.39 is 0 Å². The molecule has 0 bridgehead atoms. The van der Waals surface area contributed by atoms with Gasteiger partial charge in [0.1, 0.15) is 11.3 Å². The summed E-state index contributed by atoms with van der Waals surface area (Å²) in [6.45, 7) is 0. The number of ether oxygens (including phenoxy) is 1. The molecule has 6 heteroatoms. The topological polar surface area (TPSA) is 64.4 Å². The summed E-state index contributed by atoms with van der Waals surface area (Å²) in [5.74, 6) is 0.959. The first-order valence-electron chi connectivity index (χ1n) is 9.66. The van der Waals surface area contributed by atoms with Crippen LogP contribution in [-0.2, 0) is 0 Å². The average Bonchev–Trinajstić information content (AvgIpc) is 3.24. The summed E-state index contributed by atoms with van der Waals surface area (Å²) in [4.78, 5) is 17.4. The van der Waals surface area contributed by atoms with Crippen molar-refractivity contribution in [1.82, 2.24) is 4.98 Å². The zero-order chi connectivity index (χ0) is 21.4. The van der Waals surface area contributed by atoms with Gasteiger partial charge >= 0.3 is 0 Å². The van der Waals surface area contributed by atoms with Crippen LogP contribution >= 0.6 is 15.9 Å². The van der Waals surface area contributed by atoms with Crippen LogP contribution in [-0.4, -0.2) is 18.0 Å². The molecule has 1 N–H and O–H groups in total. The lowest BCUT2D eigenvalue weighted by Crippen LogP contribution is -2.11. The molecule has 1 amide bonds. The summed E-state index contributed by atoms with van der Waals surface area (Å²) in [5.41, 5.74) is 3.51. The molecule has 0 unspecified atom stereocenters. The summed E-state index contributed by atoms with van der Waals surface area (Å²) in [7, 11) is 1.58. The van der Waals surface area contributed by atoms with Crippen molar-refractivity contribution in [2.45, 2.75) is 0 Å². The molecule has 0 saturated carbocycles. The fourth-order valence-electron chi connectivity index (χ4n) is 3.53. The standard InChI is InChI=1S/C25H17BrN2O3/c1-30-21-11-10-16(14-20(21)26)24(29)27-18-7-4-6-17(13-18)25-28-23-19-8-3-2-5-15(19)9-12-22(23)31-25/h2-14H,1H3,(H,27,29). The molecule has 152 valence electrons. The number of aromatic nitrogens is 1. The summed E-state index contributed by atoms with van der Waals surface area (Å²) < 4.78 is 11.9. The number of anilines is 1. The van der Waals surface area contributed by atoms with Gasteiger partial charge in [0.25, 0.3) is 5.91 Å². The van der Waals surface area contributed by atoms with Crippen molar-refractivity contribution in [1.29, 1.82) is 0 Å². The third kappa shape index (κ3) is 3.66. The van der Waals surface area contributed by atoms with Gasteiger partial charge in [-0.2, -0.15) is 0 Å². The van der Waals surface area contributed by atoms with Crippen LogP contribution < -0.4 is 10.1 Å². The van der Waals surface area contributed by atoms with Crippen LogP contribution in [0.3, 0.4) is 0 Å². The lowest BCUT2D eigenvalue weighted by Gasteiger charge is -2.08. The second-order valence-corrected chi connectivity index (χ2v) is 7.89. The minimum absolute atomic E-state index is 0.218. The number of nitrogens with zero attached hydrogens (tertiary/aromatic N) is 1. The quantitative estimate of drug-likeness (QED) is 0.317. The number of amides is 1. The highest BCUT2D eigenvalue weighted by Crippen LogP contribution is 2.31. The first-order chi connectivity index (χ1) is 15.1. The van der Waals surface area contributed by atoms with E-state index in [1.165, 1.54) is 0 Å². The molecule has 0 aliphatic carbocycles. The van der Waals surface area contributed by atoms with Gasteiger partial charge in [0.15, 0.2) is 5.58 Å². The van der Waals surface area contributed by atoms with Gasteiger partial charge in [0.2, 0.25) is 5.89 Å². The number of benzene rings is 4. The van der Waals surface area contributed by atoms with E-state index >= 15 is 0 Å². The Morgan fingerprint density at radius 1 is 1.00 bits per heavy atom. The molecule has 0 aliphatic rings. The molecule has 31 heavy (non-hydrogen) atoms. The van der Waals surface area contributed by atoms with Crippen molar-refractivity contribution in [3.63, 3.8) is 0 Å². The Hall–Kier alpha value is -3.64. The molecule has 0 aliphatic heterocycles. The van der Waals surface area contributed by atoms with Gasteiger partial charge in [-0.3, -0.25) is 4.79 Å². The van der Waals surface area contributed by atoms with E-state index in [9.17, 15) is 4.79 Å². The lowest BCUT2D eigenvalue weighted by atomic mass is 10.1. The maximum absolute atomic E-state index is 12.7. The fourth-order valence-corrected chi connectivity index (χ4v) is 4.07. The molecule has 5 rings (SSSR count). The molecule has 0 fully saturated rings. The molecule has 0 spiro atoms. The number of halogens is 1. The van der Waals surface area contributed by atoms with Gasteiger partial charge < -0.3 is 14.5 Å². The summed E-state index contributed by atoms with van der Waals surface area (Å²) >= 11 is 3.41. The fraction of sp³-hybridized carbons (Fsp3) is 0.0400. The van der Waals surface area contributed by atoms with Crippen LogP contribution in [0.4, 0.5) is 5.69 Å². The number of methoxy groups -OCH3 is 1. The largest absolute Gasteiger partial charge is 0.496 e. The number of nitrogens with one attached hydrogen (secondary N) is 1. The molecule has 1 aromatic heterocycles. The highest BCUT2D eigenvalue weighted by molar-refractivity contribution is 9.10. The Bertz CT molecular complexity index is 1440. The first-order valence-corrected chi connectivity index (χ1v) is 10.5. The van der Waals surface area contributed by atoms with Crippen molar-refractivity contribution in [3.8, 4) is 17.2 Å². The Balaban J connectivity index is 1.46. The normalized spacial score (nSPS) is 11.0. The molecule has 5 aromatic rings. The SMILES string of the molecule is COc1ccc(C(=O)Nc2cccc(-c3nc4c(ccc5ccccc54)o3)c2)cc1Br. The van der Waals surface area contributed by atoms with Gasteiger partial charge in [-0.25, -0.2) is 4.98 Å².